The molecule has 1 rings (SSSR count). The van der Waals surface area contributed by atoms with Crippen molar-refractivity contribution in [2.75, 3.05) is 13.1 Å². The third-order valence-corrected chi connectivity index (χ3v) is 4.22. The monoisotopic (exact) mass is 269 g/mol. The van der Waals surface area contributed by atoms with Crippen molar-refractivity contribution in [3.8, 4) is 0 Å². The molecule has 0 bridgehead atoms. The molecule has 0 atom stereocenters. The second kappa shape index (κ2) is 5.85. The Hall–Kier alpha value is -0.870. The molecule has 2 N–H and O–H groups in total. The zero-order chi connectivity index (χ0) is 13.8. The molecule has 0 saturated heterocycles. The van der Waals surface area contributed by atoms with Crippen LogP contribution in [0, 0.1) is 5.41 Å². The number of nitrogens with one attached hydrogen (secondary N) is 1. The molecule has 0 fully saturated rings. The summed E-state index contributed by atoms with van der Waals surface area (Å²) in [6.45, 7) is 9.94. The van der Waals surface area contributed by atoms with Gasteiger partial charge in [0.1, 0.15) is 0 Å². The van der Waals surface area contributed by atoms with Gasteiger partial charge in [0.25, 0.3) is 0 Å². The molecule has 102 valence electrons. The number of hydrogen-bond donors (Lipinski definition) is 2. The summed E-state index contributed by atoms with van der Waals surface area (Å²) in [6.07, 6.45) is 0.194. The van der Waals surface area contributed by atoms with Gasteiger partial charge >= 0.3 is 5.97 Å². The SMILES string of the molecule is CC(C)(CNCC(C)(C)c1cccs1)CC(=O)O. The first kappa shape index (κ1) is 15.2. The molecular formula is C14H23NO2S. The van der Waals surface area contributed by atoms with Crippen molar-refractivity contribution in [2.45, 2.75) is 39.5 Å². The summed E-state index contributed by atoms with van der Waals surface area (Å²) in [5.41, 5.74) is -0.120. The molecule has 0 aliphatic carbocycles. The van der Waals surface area contributed by atoms with Crippen LogP contribution in [0.4, 0.5) is 0 Å². The average molecular weight is 269 g/mol. The molecule has 18 heavy (non-hydrogen) atoms. The highest BCUT2D eigenvalue weighted by Crippen LogP contribution is 2.27. The third-order valence-electron chi connectivity index (χ3n) is 2.99. The Morgan fingerprint density at radius 3 is 2.50 bits per heavy atom. The van der Waals surface area contributed by atoms with E-state index < -0.39 is 5.97 Å². The Bertz CT molecular complexity index is 383. The van der Waals surface area contributed by atoms with Crippen molar-refractivity contribution < 1.29 is 9.90 Å². The summed E-state index contributed by atoms with van der Waals surface area (Å²) in [5, 5.41) is 14.3. The van der Waals surface area contributed by atoms with Crippen LogP contribution in [0.25, 0.3) is 0 Å². The molecule has 0 amide bonds. The summed E-state index contributed by atoms with van der Waals surface area (Å²) in [5.74, 6) is -0.737. The summed E-state index contributed by atoms with van der Waals surface area (Å²) in [6, 6.07) is 4.21. The number of thiophene rings is 1. The highest BCUT2D eigenvalue weighted by Gasteiger charge is 2.25. The lowest BCUT2D eigenvalue weighted by molar-refractivity contribution is -0.139. The van der Waals surface area contributed by atoms with Crippen molar-refractivity contribution in [3.05, 3.63) is 22.4 Å². The van der Waals surface area contributed by atoms with Gasteiger partial charge in [0.05, 0.1) is 6.42 Å². The molecule has 3 nitrogen and oxygen atoms in total. The second-order valence-electron chi connectivity index (χ2n) is 6.20. The van der Waals surface area contributed by atoms with Gasteiger partial charge in [-0.3, -0.25) is 4.79 Å². The lowest BCUT2D eigenvalue weighted by atomic mass is 9.87. The van der Waals surface area contributed by atoms with Crippen molar-refractivity contribution in [1.82, 2.24) is 5.32 Å². The fourth-order valence-electron chi connectivity index (χ4n) is 1.94. The molecule has 0 aliphatic heterocycles. The zero-order valence-corrected chi connectivity index (χ0v) is 12.4. The van der Waals surface area contributed by atoms with E-state index >= 15 is 0 Å². The predicted octanol–water partition coefficient (Wildman–Crippen LogP) is 3.12. The van der Waals surface area contributed by atoms with Gasteiger partial charge in [-0.15, -0.1) is 11.3 Å². The van der Waals surface area contributed by atoms with Crippen molar-refractivity contribution in [2.24, 2.45) is 5.41 Å². The fraction of sp³-hybridized carbons (Fsp3) is 0.643. The average Bonchev–Trinajstić information content (AvgIpc) is 2.67. The van der Waals surface area contributed by atoms with E-state index in [1.807, 2.05) is 13.8 Å². The van der Waals surface area contributed by atoms with Gasteiger partial charge in [0, 0.05) is 23.4 Å². The molecule has 1 aromatic rings. The van der Waals surface area contributed by atoms with Crippen LogP contribution < -0.4 is 5.32 Å². The molecule has 0 radical (unpaired) electrons. The van der Waals surface area contributed by atoms with E-state index in [0.29, 0.717) is 6.54 Å². The topological polar surface area (TPSA) is 49.3 Å². The number of carboxylic acids is 1. The molecule has 0 spiro atoms. The summed E-state index contributed by atoms with van der Waals surface area (Å²) in [7, 11) is 0. The van der Waals surface area contributed by atoms with Crippen LogP contribution in [-0.2, 0) is 10.2 Å². The molecule has 4 heteroatoms. The van der Waals surface area contributed by atoms with Crippen LogP contribution in [0.1, 0.15) is 39.0 Å². The van der Waals surface area contributed by atoms with Crippen molar-refractivity contribution >= 4 is 17.3 Å². The number of hydrogen-bond acceptors (Lipinski definition) is 3. The molecule has 0 aromatic carbocycles. The molecule has 0 aliphatic rings. The number of rotatable bonds is 7. The Morgan fingerprint density at radius 1 is 1.33 bits per heavy atom. The maximum atomic E-state index is 10.7. The zero-order valence-electron chi connectivity index (χ0n) is 11.6. The maximum absolute atomic E-state index is 10.7. The van der Waals surface area contributed by atoms with Gasteiger partial charge in [-0.05, 0) is 16.9 Å². The first-order valence-corrected chi connectivity index (χ1v) is 7.07. The van der Waals surface area contributed by atoms with E-state index in [4.69, 9.17) is 5.11 Å². The third kappa shape index (κ3) is 4.78. The second-order valence-corrected chi connectivity index (χ2v) is 7.15. The first-order chi connectivity index (χ1) is 8.23. The highest BCUT2D eigenvalue weighted by atomic mass is 32.1. The van der Waals surface area contributed by atoms with E-state index in [1.54, 1.807) is 11.3 Å². The van der Waals surface area contributed by atoms with Gasteiger partial charge in [-0.25, -0.2) is 0 Å². The maximum Gasteiger partial charge on any atom is 0.303 e. The van der Waals surface area contributed by atoms with E-state index in [1.165, 1.54) is 4.88 Å². The van der Waals surface area contributed by atoms with Crippen LogP contribution in [0.15, 0.2) is 17.5 Å². The predicted molar refractivity (Wildman–Crippen MR) is 76.2 cm³/mol. The van der Waals surface area contributed by atoms with E-state index in [-0.39, 0.29) is 17.3 Å². The molecule has 1 heterocycles. The summed E-state index contributed by atoms with van der Waals surface area (Å²) >= 11 is 1.76. The molecular weight excluding hydrogens is 246 g/mol. The Kier molecular flexibility index (Phi) is 4.93. The normalized spacial score (nSPS) is 12.7. The summed E-state index contributed by atoms with van der Waals surface area (Å²) in [4.78, 5) is 12.1. The van der Waals surface area contributed by atoms with Gasteiger partial charge in [0.2, 0.25) is 0 Å². The minimum absolute atomic E-state index is 0.0907. The van der Waals surface area contributed by atoms with Crippen LogP contribution in [0.3, 0.4) is 0 Å². The summed E-state index contributed by atoms with van der Waals surface area (Å²) < 4.78 is 0. The largest absolute Gasteiger partial charge is 0.481 e. The molecule has 1 aromatic heterocycles. The van der Waals surface area contributed by atoms with Crippen LogP contribution >= 0.6 is 11.3 Å². The van der Waals surface area contributed by atoms with Gasteiger partial charge in [-0.1, -0.05) is 33.8 Å². The van der Waals surface area contributed by atoms with E-state index in [2.05, 4.69) is 36.7 Å². The van der Waals surface area contributed by atoms with Crippen molar-refractivity contribution in [1.29, 1.82) is 0 Å². The van der Waals surface area contributed by atoms with Gasteiger partial charge < -0.3 is 10.4 Å². The van der Waals surface area contributed by atoms with E-state index in [0.717, 1.165) is 6.54 Å². The first-order valence-electron chi connectivity index (χ1n) is 6.19. The molecule has 0 unspecified atom stereocenters. The Labute approximate surface area is 113 Å². The number of carboxylic acid groups (broad SMARTS) is 1. The Balaban J connectivity index is 2.44. The number of carbonyl (C=O) groups is 1. The van der Waals surface area contributed by atoms with Gasteiger partial charge in [0.15, 0.2) is 0 Å². The fourth-order valence-corrected chi connectivity index (χ4v) is 2.79. The van der Waals surface area contributed by atoms with Crippen LogP contribution in [0.5, 0.6) is 0 Å². The van der Waals surface area contributed by atoms with Crippen molar-refractivity contribution in [3.63, 3.8) is 0 Å². The van der Waals surface area contributed by atoms with E-state index in [9.17, 15) is 4.79 Å². The lowest BCUT2D eigenvalue weighted by Crippen LogP contribution is -2.38. The highest BCUT2D eigenvalue weighted by molar-refractivity contribution is 7.10. The minimum Gasteiger partial charge on any atom is -0.481 e. The standard InChI is InChI=1S/C14H23NO2S/c1-13(2,8-12(16)17)9-15-10-14(3,4)11-6-5-7-18-11/h5-7,15H,8-10H2,1-4H3,(H,16,17). The Morgan fingerprint density at radius 2 is 2.00 bits per heavy atom. The van der Waals surface area contributed by atoms with Crippen LogP contribution in [0.2, 0.25) is 0 Å². The smallest absolute Gasteiger partial charge is 0.303 e. The van der Waals surface area contributed by atoms with Gasteiger partial charge in [-0.2, -0.15) is 0 Å². The minimum atomic E-state index is -0.737. The quantitative estimate of drug-likeness (QED) is 0.799. The van der Waals surface area contributed by atoms with Crippen LogP contribution in [-0.4, -0.2) is 24.2 Å². The lowest BCUT2D eigenvalue weighted by Gasteiger charge is -2.28. The molecule has 0 saturated carbocycles. The number of aliphatic carboxylic acids is 1.